The van der Waals surface area contributed by atoms with Crippen LogP contribution in [0.5, 0.6) is 0 Å². The van der Waals surface area contributed by atoms with Crippen molar-refractivity contribution in [2.24, 2.45) is 5.92 Å². The predicted molar refractivity (Wildman–Crippen MR) is 66.4 cm³/mol. The Hall–Kier alpha value is -0.561. The van der Waals surface area contributed by atoms with Crippen molar-refractivity contribution in [1.82, 2.24) is 0 Å². The molecule has 0 bridgehead atoms. The van der Waals surface area contributed by atoms with E-state index in [0.717, 1.165) is 6.42 Å². The number of benzene rings is 1. The van der Waals surface area contributed by atoms with E-state index in [2.05, 4.69) is 35.3 Å². The molecule has 1 aromatic carbocycles. The molecule has 1 N–H and O–H groups in total. The molecule has 82 valence electrons. The number of hydrogen-bond donors (Lipinski definition) is 1. The second-order valence-electron chi connectivity index (χ2n) is 3.85. The van der Waals surface area contributed by atoms with Gasteiger partial charge in [0.25, 0.3) is 0 Å². The molecule has 1 aromatic rings. The molecule has 1 unspecified atom stereocenters. The van der Waals surface area contributed by atoms with Crippen molar-refractivity contribution in [3.63, 3.8) is 0 Å². The molecule has 0 aromatic heterocycles. The van der Waals surface area contributed by atoms with Crippen LogP contribution in [0.2, 0.25) is 0 Å². The summed E-state index contributed by atoms with van der Waals surface area (Å²) in [6.45, 7) is 4.09. The maximum atomic E-state index is 9.58. The predicted octanol–water partition coefficient (Wildman–Crippen LogP) is 1.94. The third-order valence-corrected chi connectivity index (χ3v) is 4.02. The Bertz CT molecular complexity index is 293. The fourth-order valence-corrected chi connectivity index (χ4v) is 2.52. The fraction of sp³-hybridized carbons (Fsp3) is 0.385. The van der Waals surface area contributed by atoms with E-state index in [-0.39, 0.29) is 6.10 Å². The number of aliphatic hydroxyl groups is 1. The standard InChI is InChI=1S/C13H18OSe/c1-11(2)13(14)9-6-10-15-12-7-4-3-5-8-12/h3-8,10-11,13-14H,9H2,1-2H3/b10-6+. The van der Waals surface area contributed by atoms with E-state index < -0.39 is 0 Å². The van der Waals surface area contributed by atoms with Gasteiger partial charge in [0.1, 0.15) is 0 Å². The van der Waals surface area contributed by atoms with Crippen molar-refractivity contribution in [2.45, 2.75) is 26.4 Å². The Morgan fingerprint density at radius 2 is 1.93 bits per heavy atom. The molecule has 1 nitrogen and oxygen atoms in total. The summed E-state index contributed by atoms with van der Waals surface area (Å²) in [6.07, 6.45) is 2.66. The summed E-state index contributed by atoms with van der Waals surface area (Å²) < 4.78 is 1.38. The molecule has 2 heteroatoms. The van der Waals surface area contributed by atoms with E-state index >= 15 is 0 Å². The molecule has 0 fully saturated rings. The Morgan fingerprint density at radius 3 is 2.53 bits per heavy atom. The molecule has 0 amide bonds. The minimum atomic E-state index is -0.201. The molecule has 0 aliphatic carbocycles. The Morgan fingerprint density at radius 1 is 1.27 bits per heavy atom. The van der Waals surface area contributed by atoms with Crippen LogP contribution in [-0.2, 0) is 0 Å². The van der Waals surface area contributed by atoms with Crippen molar-refractivity contribution >= 4 is 19.4 Å². The average Bonchev–Trinajstić information content (AvgIpc) is 2.25. The number of hydrogen-bond acceptors (Lipinski definition) is 1. The molecule has 0 aliphatic heterocycles. The molecule has 0 aliphatic rings. The monoisotopic (exact) mass is 270 g/mol. The van der Waals surface area contributed by atoms with Gasteiger partial charge >= 0.3 is 98.2 Å². The summed E-state index contributed by atoms with van der Waals surface area (Å²) in [5, 5.41) is 9.58. The van der Waals surface area contributed by atoms with Gasteiger partial charge in [-0.3, -0.25) is 0 Å². The minimum absolute atomic E-state index is 0.201. The second kappa shape index (κ2) is 6.84. The van der Waals surface area contributed by atoms with Gasteiger partial charge in [-0.1, -0.05) is 0 Å². The molecule has 15 heavy (non-hydrogen) atoms. The van der Waals surface area contributed by atoms with Gasteiger partial charge in [-0.25, -0.2) is 0 Å². The molecule has 0 saturated carbocycles. The molecule has 0 heterocycles. The van der Waals surface area contributed by atoms with Crippen LogP contribution in [0.3, 0.4) is 0 Å². The van der Waals surface area contributed by atoms with Crippen LogP contribution in [0.4, 0.5) is 0 Å². The Labute approximate surface area is 98.4 Å². The van der Waals surface area contributed by atoms with Gasteiger partial charge in [0.15, 0.2) is 0 Å². The van der Waals surface area contributed by atoms with Crippen molar-refractivity contribution in [3.05, 3.63) is 41.4 Å². The first-order valence-corrected chi connectivity index (χ1v) is 7.09. The van der Waals surface area contributed by atoms with Crippen molar-refractivity contribution in [1.29, 1.82) is 0 Å². The van der Waals surface area contributed by atoms with Gasteiger partial charge in [0.05, 0.1) is 0 Å². The molecule has 0 radical (unpaired) electrons. The second-order valence-corrected chi connectivity index (χ2v) is 5.90. The van der Waals surface area contributed by atoms with Crippen molar-refractivity contribution in [3.8, 4) is 0 Å². The van der Waals surface area contributed by atoms with Crippen molar-refractivity contribution in [2.75, 3.05) is 0 Å². The first kappa shape index (κ1) is 12.5. The van der Waals surface area contributed by atoms with Crippen molar-refractivity contribution < 1.29 is 5.11 Å². The third kappa shape index (κ3) is 5.17. The summed E-state index contributed by atoms with van der Waals surface area (Å²) in [5.41, 5.74) is 0. The van der Waals surface area contributed by atoms with Crippen LogP contribution in [0.1, 0.15) is 20.3 Å². The topological polar surface area (TPSA) is 20.2 Å². The molecular weight excluding hydrogens is 251 g/mol. The van der Waals surface area contributed by atoms with Crippen LogP contribution >= 0.6 is 0 Å². The van der Waals surface area contributed by atoms with Gasteiger partial charge in [-0.05, 0) is 0 Å². The van der Waals surface area contributed by atoms with Crippen LogP contribution in [0, 0.1) is 5.92 Å². The van der Waals surface area contributed by atoms with E-state index in [4.69, 9.17) is 0 Å². The number of rotatable bonds is 5. The van der Waals surface area contributed by atoms with Crippen LogP contribution < -0.4 is 4.46 Å². The van der Waals surface area contributed by atoms with Gasteiger partial charge in [-0.2, -0.15) is 0 Å². The molecule has 1 atom stereocenters. The molecule has 0 saturated heterocycles. The SMILES string of the molecule is CC(C)C(O)C/C=C/[Se]c1ccccc1. The zero-order chi connectivity index (χ0) is 11.1. The first-order valence-electron chi connectivity index (χ1n) is 5.25. The average molecular weight is 269 g/mol. The van der Waals surface area contributed by atoms with Crippen LogP contribution in [0.15, 0.2) is 41.4 Å². The van der Waals surface area contributed by atoms with E-state index in [0.29, 0.717) is 20.9 Å². The first-order chi connectivity index (χ1) is 7.20. The summed E-state index contributed by atoms with van der Waals surface area (Å²) in [6, 6.07) is 10.4. The van der Waals surface area contributed by atoms with E-state index in [1.54, 1.807) is 0 Å². The summed E-state index contributed by atoms with van der Waals surface area (Å²) in [4.78, 5) is 2.19. The molecular formula is C13H18OSe. The zero-order valence-electron chi connectivity index (χ0n) is 9.26. The Kier molecular flexibility index (Phi) is 5.70. The number of aliphatic hydroxyl groups excluding tert-OH is 1. The van der Waals surface area contributed by atoms with Gasteiger partial charge in [-0.15, -0.1) is 0 Å². The van der Waals surface area contributed by atoms with E-state index in [1.165, 1.54) is 4.46 Å². The van der Waals surface area contributed by atoms with Crippen LogP contribution in [0.25, 0.3) is 0 Å². The normalized spacial score (nSPS) is 13.6. The summed E-state index contributed by atoms with van der Waals surface area (Å²) >= 11 is 0.401. The van der Waals surface area contributed by atoms with Gasteiger partial charge in [0.2, 0.25) is 0 Å². The van der Waals surface area contributed by atoms with E-state index in [9.17, 15) is 5.11 Å². The summed E-state index contributed by atoms with van der Waals surface area (Å²) in [5.74, 6) is 0.346. The maximum absolute atomic E-state index is 9.58. The van der Waals surface area contributed by atoms with E-state index in [1.807, 2.05) is 19.9 Å². The fourth-order valence-electron chi connectivity index (χ4n) is 1.09. The third-order valence-electron chi connectivity index (χ3n) is 2.19. The summed E-state index contributed by atoms with van der Waals surface area (Å²) in [7, 11) is 0. The van der Waals surface area contributed by atoms with Gasteiger partial charge in [0, 0.05) is 0 Å². The van der Waals surface area contributed by atoms with Crippen LogP contribution in [-0.4, -0.2) is 26.2 Å². The quantitative estimate of drug-likeness (QED) is 0.810. The van der Waals surface area contributed by atoms with Gasteiger partial charge < -0.3 is 0 Å². The molecule has 0 spiro atoms. The Balaban J connectivity index is 2.29. The zero-order valence-corrected chi connectivity index (χ0v) is 11.0. The molecule has 1 rings (SSSR count).